The van der Waals surface area contributed by atoms with Crippen LogP contribution in [0.4, 0.5) is 0 Å². The van der Waals surface area contributed by atoms with Crippen molar-refractivity contribution in [1.82, 2.24) is 40.9 Å². The largest absolute Gasteiger partial charge is 0.493 e. The second-order valence-corrected chi connectivity index (χ2v) is 28.1. The fraction of sp³-hybridized carbons (Fsp3) is 1.00. The summed E-state index contributed by atoms with van der Waals surface area (Å²) >= 11 is 0. The van der Waals surface area contributed by atoms with Gasteiger partial charge in [0.2, 0.25) is 0 Å². The Kier molecular flexibility index (Phi) is 26.9. The number of hydrogen-bond donors (Lipinski definition) is 4. The van der Waals surface area contributed by atoms with Crippen LogP contribution in [0.1, 0.15) is 67.2 Å². The molecule has 4 rings (SSSR count). The lowest BCUT2D eigenvalue weighted by atomic mass is 10.3. The predicted octanol–water partition coefficient (Wildman–Crippen LogP) is 2.19. The minimum atomic E-state index is -3.72. The second kappa shape index (κ2) is 30.5. The van der Waals surface area contributed by atoms with Crippen molar-refractivity contribution in [3.05, 3.63) is 0 Å². The van der Waals surface area contributed by atoms with Crippen LogP contribution >= 0.6 is 0 Å². The molecule has 2 atom stereocenters. The van der Waals surface area contributed by atoms with Crippen LogP contribution in [0.25, 0.3) is 0 Å². The fourth-order valence-corrected chi connectivity index (χ4v) is 26.1. The molecule has 0 saturated carbocycles. The van der Waals surface area contributed by atoms with E-state index in [9.17, 15) is 0 Å². The average molecular weight is 940 g/mol. The Labute approximate surface area is 375 Å². The summed E-state index contributed by atoms with van der Waals surface area (Å²) in [7, 11) is -14.2. The van der Waals surface area contributed by atoms with Gasteiger partial charge >= 0.3 is 35.2 Å². The molecule has 0 spiro atoms. The molecular formula is C40H90N8O9Si4. The van der Waals surface area contributed by atoms with Gasteiger partial charge in [0.05, 0.1) is 0 Å². The quantitative estimate of drug-likeness (QED) is 0.0700. The normalized spacial score (nSPS) is 21.7. The van der Waals surface area contributed by atoms with E-state index < -0.39 is 35.2 Å². The number of hydrogen-bond acceptors (Lipinski definition) is 17. The molecule has 0 radical (unpaired) electrons. The Morgan fingerprint density at radius 2 is 0.508 bits per heavy atom. The van der Waals surface area contributed by atoms with E-state index in [0.29, 0.717) is 63.8 Å². The zero-order valence-electron chi connectivity index (χ0n) is 39.5. The van der Waals surface area contributed by atoms with Crippen LogP contribution in [-0.4, -0.2) is 225 Å². The van der Waals surface area contributed by atoms with E-state index in [1.807, 2.05) is 41.5 Å². The average Bonchev–Trinajstić information content (AvgIpc) is 3.26. The number of nitrogens with zero attached hydrogens (tertiary/aromatic N) is 4. The summed E-state index contributed by atoms with van der Waals surface area (Å²) in [5.74, 6) is 0. The monoisotopic (exact) mass is 939 g/mol. The molecule has 4 N–H and O–H groups in total. The maximum absolute atomic E-state index is 7.81. The Morgan fingerprint density at radius 1 is 0.311 bits per heavy atom. The zero-order chi connectivity index (χ0) is 43.5. The van der Waals surface area contributed by atoms with Crippen LogP contribution in [0.15, 0.2) is 0 Å². The van der Waals surface area contributed by atoms with Gasteiger partial charge in [0.1, 0.15) is 0 Å². The first-order valence-electron chi connectivity index (χ1n) is 24.5. The molecule has 0 aromatic carbocycles. The van der Waals surface area contributed by atoms with Gasteiger partial charge in [0.25, 0.3) is 0 Å². The van der Waals surface area contributed by atoms with Gasteiger partial charge in [-0.1, -0.05) is 0 Å². The smallest absolute Gasteiger partial charge is 0.375 e. The Balaban J connectivity index is 1.74. The summed E-state index contributed by atoms with van der Waals surface area (Å²) in [6.07, 6.45) is 3.49. The molecule has 4 aliphatic heterocycles. The molecule has 61 heavy (non-hydrogen) atoms. The summed E-state index contributed by atoms with van der Waals surface area (Å²) in [6, 6.07) is 2.55. The van der Waals surface area contributed by atoms with E-state index in [4.69, 9.17) is 38.9 Å². The van der Waals surface area contributed by atoms with Crippen molar-refractivity contribution in [3.8, 4) is 0 Å². The van der Waals surface area contributed by atoms with E-state index >= 15 is 0 Å². The maximum atomic E-state index is 7.81. The van der Waals surface area contributed by atoms with Gasteiger partial charge < -0.3 is 79.8 Å². The summed E-state index contributed by atoms with van der Waals surface area (Å²) in [4.78, 5) is 10.1. The van der Waals surface area contributed by atoms with Crippen molar-refractivity contribution in [2.24, 2.45) is 0 Å². The van der Waals surface area contributed by atoms with Gasteiger partial charge in [-0.3, -0.25) is 0 Å². The van der Waals surface area contributed by atoms with E-state index in [2.05, 4.69) is 40.9 Å². The van der Waals surface area contributed by atoms with E-state index in [1.165, 1.54) is 0 Å². The van der Waals surface area contributed by atoms with Crippen LogP contribution in [0.3, 0.4) is 0 Å². The van der Waals surface area contributed by atoms with Gasteiger partial charge in [-0.05, 0) is 93.4 Å². The highest BCUT2D eigenvalue weighted by atomic mass is 28.5. The molecule has 4 fully saturated rings. The molecular weight excluding hydrogens is 849 g/mol. The summed E-state index contributed by atoms with van der Waals surface area (Å²) in [5.41, 5.74) is 0. The zero-order valence-corrected chi connectivity index (χ0v) is 43.5. The SMILES string of the molecule is CCO[Si](CCCN1CCNCC1)(OCC)O[Si](CCCN1CCNCC1)(OCC)O[Si](CCCN1CCNCC1)(OCC)O[Si](CCCN1CCNCC1)(OCC)OCC. The summed E-state index contributed by atoms with van der Waals surface area (Å²) < 4.78 is 64.3. The lowest BCUT2D eigenvalue weighted by molar-refractivity contribution is 0.0328. The standard InChI is InChI=1S/C40H90N8O9Si4/c1-7-49-58(50-8-2,37-13-25-45-29-17-41-18-30-45)55-60(53-11-5,39-15-27-47-33-21-43-22-34-47)57-61(54-12-6,40-16-28-48-35-23-44-24-36-48)56-59(51-9-3,52-10-4)38-14-26-46-31-19-42-20-32-46/h41-44H,7-40H2,1-6H3. The van der Waals surface area contributed by atoms with Gasteiger partial charge in [0.15, 0.2) is 0 Å². The summed E-state index contributed by atoms with van der Waals surface area (Å²) in [6.45, 7) is 35.1. The van der Waals surface area contributed by atoms with Crippen molar-refractivity contribution in [3.63, 3.8) is 0 Å². The van der Waals surface area contributed by atoms with Gasteiger partial charge in [-0.2, -0.15) is 0 Å². The fourth-order valence-electron chi connectivity index (χ4n) is 8.95. The number of piperazine rings is 4. The molecule has 0 bridgehead atoms. The second-order valence-electron chi connectivity index (χ2n) is 16.4. The molecule has 4 aliphatic rings. The first kappa shape index (κ1) is 53.8. The molecule has 0 aromatic rings. The molecule has 0 amide bonds. The molecule has 2 unspecified atom stereocenters. The highest BCUT2D eigenvalue weighted by Gasteiger charge is 2.62. The molecule has 0 aliphatic carbocycles. The third-order valence-electron chi connectivity index (χ3n) is 11.8. The van der Waals surface area contributed by atoms with E-state index in [1.54, 1.807) is 0 Å². The van der Waals surface area contributed by atoms with Crippen molar-refractivity contribution < 1.29 is 38.9 Å². The highest BCUT2D eigenvalue weighted by molar-refractivity contribution is 6.84. The van der Waals surface area contributed by atoms with Crippen LogP contribution in [0.5, 0.6) is 0 Å². The number of nitrogens with one attached hydrogen (secondary N) is 4. The van der Waals surface area contributed by atoms with Crippen LogP contribution in [0.2, 0.25) is 24.2 Å². The van der Waals surface area contributed by atoms with E-state index in [-0.39, 0.29) is 0 Å². The van der Waals surface area contributed by atoms with Crippen LogP contribution in [0, 0.1) is 0 Å². The molecule has 4 saturated heterocycles. The minimum Gasteiger partial charge on any atom is -0.375 e. The van der Waals surface area contributed by atoms with E-state index in [0.717, 1.165) is 157 Å². The molecule has 4 heterocycles. The number of rotatable bonds is 34. The third-order valence-corrected chi connectivity index (χ3v) is 27.5. The lowest BCUT2D eigenvalue weighted by Gasteiger charge is -2.45. The molecule has 0 aromatic heterocycles. The molecule has 360 valence electrons. The Morgan fingerprint density at radius 3 is 0.738 bits per heavy atom. The first-order chi connectivity index (χ1) is 29.8. The van der Waals surface area contributed by atoms with Gasteiger partial charge in [0, 0.05) is 169 Å². The summed E-state index contributed by atoms with van der Waals surface area (Å²) in [5, 5.41) is 14.0. The van der Waals surface area contributed by atoms with Crippen LogP contribution in [-0.2, 0) is 38.9 Å². The van der Waals surface area contributed by atoms with Crippen molar-refractivity contribution in [1.29, 1.82) is 0 Å². The van der Waals surface area contributed by atoms with Gasteiger partial charge in [-0.15, -0.1) is 0 Å². The Hall–Kier alpha value is 0.188. The van der Waals surface area contributed by atoms with Crippen molar-refractivity contribution >= 4 is 35.2 Å². The highest BCUT2D eigenvalue weighted by Crippen LogP contribution is 2.36. The van der Waals surface area contributed by atoms with Gasteiger partial charge in [-0.25, -0.2) is 0 Å². The molecule has 17 nitrogen and oxygen atoms in total. The lowest BCUT2D eigenvalue weighted by Crippen LogP contribution is -2.67. The van der Waals surface area contributed by atoms with Crippen LogP contribution < -0.4 is 21.3 Å². The van der Waals surface area contributed by atoms with Crippen molar-refractivity contribution in [2.75, 3.05) is 171 Å². The Bertz CT molecular complexity index is 1020. The third kappa shape index (κ3) is 19.5. The molecule has 21 heteroatoms. The first-order valence-corrected chi connectivity index (χ1v) is 32.2. The topological polar surface area (TPSA) is 144 Å². The maximum Gasteiger partial charge on any atom is 0.493 e. The predicted molar refractivity (Wildman–Crippen MR) is 251 cm³/mol. The van der Waals surface area contributed by atoms with Crippen molar-refractivity contribution in [2.45, 2.75) is 91.4 Å². The minimum absolute atomic E-state index is 0.422.